The van der Waals surface area contributed by atoms with Crippen LogP contribution in [-0.2, 0) is 10.0 Å². The largest absolute Gasteiger partial charge is 0.352 e. The van der Waals surface area contributed by atoms with Gasteiger partial charge in [-0.2, -0.15) is 0 Å². The van der Waals surface area contributed by atoms with E-state index in [9.17, 15) is 13.2 Å². The maximum Gasteiger partial charge on any atom is 0.252 e. The van der Waals surface area contributed by atoms with Gasteiger partial charge in [-0.05, 0) is 31.2 Å². The minimum atomic E-state index is -3.74. The zero-order chi connectivity index (χ0) is 14.0. The summed E-state index contributed by atoms with van der Waals surface area (Å²) in [6, 6.07) is 0. The van der Waals surface area contributed by atoms with Crippen LogP contribution in [0.2, 0.25) is 0 Å². The van der Waals surface area contributed by atoms with Crippen molar-refractivity contribution in [3.05, 3.63) is 16.5 Å². The van der Waals surface area contributed by atoms with E-state index in [0.717, 1.165) is 24.2 Å². The molecule has 1 aromatic heterocycles. The molecule has 1 aliphatic carbocycles. The third-order valence-corrected chi connectivity index (χ3v) is 6.21. The van der Waals surface area contributed by atoms with E-state index in [1.54, 1.807) is 12.3 Å². The molecule has 0 aromatic carbocycles. The molecule has 1 amide bonds. The fourth-order valence-electron chi connectivity index (χ4n) is 2.45. The maximum atomic E-state index is 12.0. The third kappa shape index (κ3) is 3.34. The number of primary sulfonamides is 1. The number of amides is 1. The lowest BCUT2D eigenvalue weighted by molar-refractivity contribution is 0.0947. The first-order valence-corrected chi connectivity index (χ1v) is 8.71. The van der Waals surface area contributed by atoms with Crippen LogP contribution in [0.25, 0.3) is 0 Å². The summed E-state index contributed by atoms with van der Waals surface area (Å²) >= 11 is 0.996. The van der Waals surface area contributed by atoms with E-state index in [4.69, 9.17) is 5.14 Å². The van der Waals surface area contributed by atoms with Crippen LogP contribution < -0.4 is 10.5 Å². The van der Waals surface area contributed by atoms with Gasteiger partial charge in [0, 0.05) is 11.9 Å². The Balaban J connectivity index is 2.05. The summed E-state index contributed by atoms with van der Waals surface area (Å²) in [5, 5.41) is 9.53. The maximum absolute atomic E-state index is 12.0. The van der Waals surface area contributed by atoms with Crippen LogP contribution in [0.1, 0.15) is 41.6 Å². The number of sulfonamides is 1. The number of rotatable bonds is 4. The van der Waals surface area contributed by atoms with Gasteiger partial charge < -0.3 is 5.32 Å². The van der Waals surface area contributed by atoms with E-state index >= 15 is 0 Å². The van der Waals surface area contributed by atoms with Gasteiger partial charge in [-0.15, -0.1) is 11.3 Å². The highest BCUT2D eigenvalue weighted by atomic mass is 32.2. The van der Waals surface area contributed by atoms with E-state index in [0.29, 0.717) is 23.6 Å². The Labute approximate surface area is 117 Å². The van der Waals surface area contributed by atoms with Crippen LogP contribution in [-0.4, -0.2) is 20.9 Å². The van der Waals surface area contributed by atoms with Gasteiger partial charge in [0.05, 0.1) is 5.56 Å². The highest BCUT2D eigenvalue weighted by molar-refractivity contribution is 7.91. The van der Waals surface area contributed by atoms with Gasteiger partial charge in [0.25, 0.3) is 5.91 Å². The van der Waals surface area contributed by atoms with E-state index in [1.165, 1.54) is 12.8 Å². The van der Waals surface area contributed by atoms with E-state index in [1.807, 2.05) is 0 Å². The van der Waals surface area contributed by atoms with Gasteiger partial charge in [0.1, 0.15) is 4.21 Å². The standard InChI is InChI=1S/C12H18N2O3S2/c1-8-10(7-18-12(8)19(13,16)17)11(15)14-6-9-4-2-3-5-9/h7,9H,2-6H2,1H3,(H,14,15)(H2,13,16,17). The second-order valence-electron chi connectivity index (χ2n) is 4.97. The Morgan fingerprint density at radius 2 is 2.11 bits per heavy atom. The van der Waals surface area contributed by atoms with Gasteiger partial charge in [-0.25, -0.2) is 13.6 Å². The van der Waals surface area contributed by atoms with E-state index in [-0.39, 0.29) is 10.1 Å². The fourth-order valence-corrected chi connectivity index (χ4v) is 4.46. The Morgan fingerprint density at radius 3 is 2.63 bits per heavy atom. The lowest BCUT2D eigenvalue weighted by Crippen LogP contribution is -2.28. The predicted molar refractivity (Wildman–Crippen MR) is 74.7 cm³/mol. The van der Waals surface area contributed by atoms with Gasteiger partial charge in [0.2, 0.25) is 10.0 Å². The lowest BCUT2D eigenvalue weighted by Gasteiger charge is -2.10. The van der Waals surface area contributed by atoms with Crippen LogP contribution in [0.3, 0.4) is 0 Å². The molecule has 1 aromatic rings. The minimum absolute atomic E-state index is 0.0681. The molecule has 19 heavy (non-hydrogen) atoms. The molecular weight excluding hydrogens is 284 g/mol. The van der Waals surface area contributed by atoms with Crippen molar-refractivity contribution in [3.63, 3.8) is 0 Å². The van der Waals surface area contributed by atoms with Crippen LogP contribution in [0.5, 0.6) is 0 Å². The molecule has 1 saturated carbocycles. The SMILES string of the molecule is Cc1c(C(=O)NCC2CCCC2)csc1S(N)(=O)=O. The Kier molecular flexibility index (Phi) is 4.27. The second-order valence-corrected chi connectivity index (χ2v) is 7.60. The summed E-state index contributed by atoms with van der Waals surface area (Å²) in [6.45, 7) is 2.28. The monoisotopic (exact) mass is 302 g/mol. The Morgan fingerprint density at radius 1 is 1.47 bits per heavy atom. The van der Waals surface area contributed by atoms with Crippen molar-refractivity contribution in [3.8, 4) is 0 Å². The summed E-state index contributed by atoms with van der Waals surface area (Å²) < 4.78 is 22.7. The molecule has 0 radical (unpaired) electrons. The van der Waals surface area contributed by atoms with Crippen molar-refractivity contribution < 1.29 is 13.2 Å². The average molecular weight is 302 g/mol. The molecule has 2 rings (SSSR count). The smallest absolute Gasteiger partial charge is 0.252 e. The summed E-state index contributed by atoms with van der Waals surface area (Å²) in [5.41, 5.74) is 0.850. The number of hydrogen-bond acceptors (Lipinski definition) is 4. The minimum Gasteiger partial charge on any atom is -0.352 e. The number of nitrogens with two attached hydrogens (primary N) is 1. The highest BCUT2D eigenvalue weighted by Gasteiger charge is 2.22. The fraction of sp³-hybridized carbons (Fsp3) is 0.583. The van der Waals surface area contributed by atoms with Gasteiger partial charge in [-0.1, -0.05) is 12.8 Å². The molecule has 7 heteroatoms. The first-order chi connectivity index (χ1) is 8.89. The van der Waals surface area contributed by atoms with Crippen LogP contribution in [0, 0.1) is 12.8 Å². The van der Waals surface area contributed by atoms with Crippen molar-refractivity contribution in [2.24, 2.45) is 11.1 Å². The summed E-state index contributed by atoms with van der Waals surface area (Å²) in [5.74, 6) is 0.344. The molecule has 5 nitrogen and oxygen atoms in total. The third-order valence-electron chi connectivity index (χ3n) is 3.52. The van der Waals surface area contributed by atoms with E-state index in [2.05, 4.69) is 5.32 Å². The van der Waals surface area contributed by atoms with Crippen molar-refractivity contribution in [2.75, 3.05) is 6.54 Å². The van der Waals surface area contributed by atoms with Crippen molar-refractivity contribution >= 4 is 27.3 Å². The zero-order valence-corrected chi connectivity index (χ0v) is 12.4. The van der Waals surface area contributed by atoms with Gasteiger partial charge in [0.15, 0.2) is 0 Å². The zero-order valence-electron chi connectivity index (χ0n) is 10.8. The molecule has 0 aliphatic heterocycles. The van der Waals surface area contributed by atoms with Crippen LogP contribution >= 0.6 is 11.3 Å². The molecular formula is C12H18N2O3S2. The average Bonchev–Trinajstić information content (AvgIpc) is 2.93. The number of carbonyl (C=O) groups excluding carboxylic acids is 1. The second kappa shape index (κ2) is 5.60. The molecule has 1 aliphatic rings. The van der Waals surface area contributed by atoms with E-state index < -0.39 is 10.0 Å². The van der Waals surface area contributed by atoms with Crippen molar-refractivity contribution in [1.82, 2.24) is 5.32 Å². The molecule has 3 N–H and O–H groups in total. The lowest BCUT2D eigenvalue weighted by atomic mass is 10.1. The Hall–Kier alpha value is -0.920. The molecule has 0 bridgehead atoms. The van der Waals surface area contributed by atoms with Crippen LogP contribution in [0.4, 0.5) is 0 Å². The highest BCUT2D eigenvalue weighted by Crippen LogP contribution is 2.26. The summed E-state index contributed by atoms with van der Waals surface area (Å²) in [7, 11) is -3.74. The molecule has 0 saturated heterocycles. The first kappa shape index (κ1) is 14.5. The molecule has 0 atom stereocenters. The van der Waals surface area contributed by atoms with Crippen LogP contribution in [0.15, 0.2) is 9.59 Å². The van der Waals surface area contributed by atoms with Crippen molar-refractivity contribution in [1.29, 1.82) is 0 Å². The summed E-state index contributed by atoms with van der Waals surface area (Å²) in [4.78, 5) is 12.0. The topological polar surface area (TPSA) is 89.3 Å². The quantitative estimate of drug-likeness (QED) is 0.885. The van der Waals surface area contributed by atoms with Crippen molar-refractivity contribution in [2.45, 2.75) is 36.8 Å². The molecule has 0 unspecified atom stereocenters. The normalized spacial score (nSPS) is 16.7. The first-order valence-electron chi connectivity index (χ1n) is 6.28. The molecule has 1 fully saturated rings. The molecule has 0 spiro atoms. The molecule has 106 valence electrons. The number of thiophene rings is 1. The van der Waals surface area contributed by atoms with Gasteiger partial charge in [-0.3, -0.25) is 4.79 Å². The molecule has 1 heterocycles. The predicted octanol–water partition coefficient (Wildman–Crippen LogP) is 1.62. The number of carbonyl (C=O) groups is 1. The van der Waals surface area contributed by atoms with Gasteiger partial charge >= 0.3 is 0 Å². The summed E-state index contributed by atoms with van der Waals surface area (Å²) in [6.07, 6.45) is 4.78. The number of hydrogen-bond donors (Lipinski definition) is 2. The number of nitrogens with one attached hydrogen (secondary N) is 1. The Bertz CT molecular complexity index is 572.